The molecule has 0 N–H and O–H groups in total. The normalized spacial score (nSPS) is 10.8. The maximum Gasteiger partial charge on any atom is 0.307 e. The molecule has 0 fully saturated rings. The van der Waals surface area contributed by atoms with Gasteiger partial charge in [-0.05, 0) is 19.8 Å². The summed E-state index contributed by atoms with van der Waals surface area (Å²) in [5.74, 6) is 4.64. The van der Waals surface area contributed by atoms with Crippen LogP contribution >= 0.6 is 0 Å². The SMILES string of the molecule is C=CCCOC(=O)CCC(=O)OC(C#CC)CC. The smallest absolute Gasteiger partial charge is 0.307 e. The van der Waals surface area contributed by atoms with E-state index in [0.29, 0.717) is 19.4 Å². The van der Waals surface area contributed by atoms with Crippen molar-refractivity contribution in [1.29, 1.82) is 0 Å². The van der Waals surface area contributed by atoms with Gasteiger partial charge in [0.05, 0.1) is 19.4 Å². The van der Waals surface area contributed by atoms with E-state index in [2.05, 4.69) is 18.4 Å². The van der Waals surface area contributed by atoms with E-state index in [9.17, 15) is 9.59 Å². The molecule has 0 saturated heterocycles. The van der Waals surface area contributed by atoms with E-state index in [-0.39, 0.29) is 18.9 Å². The summed E-state index contributed by atoms with van der Waals surface area (Å²) < 4.78 is 9.95. The molecule has 0 aliphatic heterocycles. The van der Waals surface area contributed by atoms with Gasteiger partial charge in [-0.15, -0.1) is 12.5 Å². The maximum atomic E-state index is 11.4. The molecule has 0 rings (SSSR count). The number of hydrogen-bond donors (Lipinski definition) is 0. The summed E-state index contributed by atoms with van der Waals surface area (Å²) in [6.07, 6.45) is 2.58. The van der Waals surface area contributed by atoms with Gasteiger partial charge >= 0.3 is 11.9 Å². The molecule has 0 heterocycles. The van der Waals surface area contributed by atoms with Gasteiger partial charge in [0.15, 0.2) is 6.10 Å². The lowest BCUT2D eigenvalue weighted by Crippen LogP contribution is -2.17. The summed E-state index contributed by atoms with van der Waals surface area (Å²) in [6.45, 7) is 7.38. The second kappa shape index (κ2) is 10.4. The molecule has 0 amide bonds. The minimum Gasteiger partial charge on any atom is -0.465 e. The van der Waals surface area contributed by atoms with Crippen LogP contribution in [0.2, 0.25) is 0 Å². The van der Waals surface area contributed by atoms with Gasteiger partial charge < -0.3 is 9.47 Å². The molecule has 0 aromatic rings. The Morgan fingerprint density at radius 2 is 2.00 bits per heavy atom. The van der Waals surface area contributed by atoms with Crippen LogP contribution in [0, 0.1) is 11.8 Å². The largest absolute Gasteiger partial charge is 0.465 e. The fraction of sp³-hybridized carbons (Fsp3) is 0.571. The molecule has 4 heteroatoms. The van der Waals surface area contributed by atoms with E-state index in [1.807, 2.05) is 6.92 Å². The summed E-state index contributed by atoms with van der Waals surface area (Å²) in [4.78, 5) is 22.6. The Morgan fingerprint density at radius 3 is 2.56 bits per heavy atom. The molecule has 1 atom stereocenters. The van der Waals surface area contributed by atoms with Crippen LogP contribution in [0.5, 0.6) is 0 Å². The van der Waals surface area contributed by atoms with Gasteiger partial charge in [0, 0.05) is 0 Å². The van der Waals surface area contributed by atoms with Crippen molar-refractivity contribution in [3.05, 3.63) is 12.7 Å². The van der Waals surface area contributed by atoms with Crippen molar-refractivity contribution < 1.29 is 19.1 Å². The lowest BCUT2D eigenvalue weighted by Gasteiger charge is -2.09. The minimum absolute atomic E-state index is 0.0226. The van der Waals surface area contributed by atoms with E-state index in [1.165, 1.54) is 0 Å². The van der Waals surface area contributed by atoms with Gasteiger partial charge in [0.25, 0.3) is 0 Å². The molecule has 0 aromatic carbocycles. The lowest BCUT2D eigenvalue weighted by molar-refractivity contribution is -0.152. The molecule has 0 aromatic heterocycles. The zero-order valence-corrected chi connectivity index (χ0v) is 11.0. The van der Waals surface area contributed by atoms with Crippen LogP contribution in [-0.2, 0) is 19.1 Å². The van der Waals surface area contributed by atoms with E-state index in [1.54, 1.807) is 13.0 Å². The van der Waals surface area contributed by atoms with Gasteiger partial charge in [0.2, 0.25) is 0 Å². The molecule has 4 nitrogen and oxygen atoms in total. The van der Waals surface area contributed by atoms with E-state index < -0.39 is 11.9 Å². The predicted molar refractivity (Wildman–Crippen MR) is 68.6 cm³/mol. The van der Waals surface area contributed by atoms with Gasteiger partial charge in [-0.25, -0.2) is 0 Å². The summed E-state index contributed by atoms with van der Waals surface area (Å²) >= 11 is 0. The van der Waals surface area contributed by atoms with Crippen LogP contribution < -0.4 is 0 Å². The highest BCUT2D eigenvalue weighted by Crippen LogP contribution is 2.02. The minimum atomic E-state index is -0.426. The molecule has 0 aliphatic rings. The number of esters is 2. The predicted octanol–water partition coefficient (Wildman–Crippen LogP) is 2.23. The monoisotopic (exact) mass is 252 g/mol. The van der Waals surface area contributed by atoms with Crippen LogP contribution in [0.15, 0.2) is 12.7 Å². The molecule has 0 radical (unpaired) electrons. The topological polar surface area (TPSA) is 52.6 Å². The quantitative estimate of drug-likeness (QED) is 0.288. The summed E-state index contributed by atoms with van der Waals surface area (Å²) in [5.41, 5.74) is 0. The fourth-order valence-corrected chi connectivity index (χ4v) is 1.13. The highest BCUT2D eigenvalue weighted by Gasteiger charge is 2.12. The highest BCUT2D eigenvalue weighted by molar-refractivity contribution is 5.77. The third-order valence-electron chi connectivity index (χ3n) is 2.07. The summed E-state index contributed by atoms with van der Waals surface area (Å²) in [5, 5.41) is 0. The van der Waals surface area contributed by atoms with Crippen LogP contribution in [-0.4, -0.2) is 24.6 Å². The number of carbonyl (C=O) groups excluding carboxylic acids is 2. The molecule has 1 unspecified atom stereocenters. The summed E-state index contributed by atoms with van der Waals surface area (Å²) in [6, 6.07) is 0. The van der Waals surface area contributed by atoms with E-state index in [0.717, 1.165) is 0 Å². The first-order valence-electron chi connectivity index (χ1n) is 6.02. The first-order valence-corrected chi connectivity index (χ1v) is 6.02. The average molecular weight is 252 g/mol. The maximum absolute atomic E-state index is 11.4. The Morgan fingerprint density at radius 1 is 1.33 bits per heavy atom. The van der Waals surface area contributed by atoms with Crippen LogP contribution in [0.1, 0.15) is 39.5 Å². The lowest BCUT2D eigenvalue weighted by atomic mass is 10.2. The van der Waals surface area contributed by atoms with Gasteiger partial charge in [-0.1, -0.05) is 18.9 Å². The molecule has 0 saturated carbocycles. The van der Waals surface area contributed by atoms with E-state index in [4.69, 9.17) is 9.47 Å². The Labute approximate surface area is 108 Å². The van der Waals surface area contributed by atoms with Gasteiger partial charge in [-0.3, -0.25) is 9.59 Å². The first-order chi connectivity index (χ1) is 8.63. The number of ether oxygens (including phenoxy) is 2. The average Bonchev–Trinajstić information content (AvgIpc) is 2.36. The first kappa shape index (κ1) is 16.2. The molecule has 0 aliphatic carbocycles. The zero-order chi connectivity index (χ0) is 13.8. The zero-order valence-electron chi connectivity index (χ0n) is 11.0. The van der Waals surface area contributed by atoms with Crippen molar-refractivity contribution in [2.75, 3.05) is 6.61 Å². The molecular weight excluding hydrogens is 232 g/mol. The van der Waals surface area contributed by atoms with Gasteiger partial charge in [-0.2, -0.15) is 0 Å². The number of hydrogen-bond acceptors (Lipinski definition) is 4. The molecule has 100 valence electrons. The third kappa shape index (κ3) is 8.40. The van der Waals surface area contributed by atoms with Crippen molar-refractivity contribution in [3.8, 4) is 11.8 Å². The Bertz CT molecular complexity index is 335. The molecule has 18 heavy (non-hydrogen) atoms. The van der Waals surface area contributed by atoms with Crippen molar-refractivity contribution in [1.82, 2.24) is 0 Å². The standard InChI is InChI=1S/C14H20O4/c1-4-7-11-17-13(15)9-10-14(16)18-12(6-3)8-5-2/h4,12H,1,6-7,9-11H2,2-3H3. The summed E-state index contributed by atoms with van der Waals surface area (Å²) in [7, 11) is 0. The highest BCUT2D eigenvalue weighted by atomic mass is 16.5. The third-order valence-corrected chi connectivity index (χ3v) is 2.07. The molecule has 0 bridgehead atoms. The fourth-order valence-electron chi connectivity index (χ4n) is 1.13. The number of carbonyl (C=O) groups is 2. The molecule has 0 spiro atoms. The van der Waals surface area contributed by atoms with Crippen LogP contribution in [0.3, 0.4) is 0 Å². The van der Waals surface area contributed by atoms with Crippen molar-refractivity contribution in [3.63, 3.8) is 0 Å². The van der Waals surface area contributed by atoms with Crippen LogP contribution in [0.25, 0.3) is 0 Å². The Kier molecular flexibility index (Phi) is 9.38. The van der Waals surface area contributed by atoms with Crippen molar-refractivity contribution in [2.45, 2.75) is 45.6 Å². The Hall–Kier alpha value is -1.76. The number of rotatable bonds is 8. The van der Waals surface area contributed by atoms with Gasteiger partial charge in [0.1, 0.15) is 0 Å². The Balaban J connectivity index is 3.83. The van der Waals surface area contributed by atoms with Crippen molar-refractivity contribution in [2.24, 2.45) is 0 Å². The van der Waals surface area contributed by atoms with Crippen molar-refractivity contribution >= 4 is 11.9 Å². The second-order valence-electron chi connectivity index (χ2n) is 3.58. The van der Waals surface area contributed by atoms with E-state index >= 15 is 0 Å². The molecular formula is C14H20O4. The van der Waals surface area contributed by atoms with Crippen LogP contribution in [0.4, 0.5) is 0 Å². The second-order valence-corrected chi connectivity index (χ2v) is 3.58.